The number of carboxylic acid groups (broad SMARTS) is 1. The third-order valence-corrected chi connectivity index (χ3v) is 2.84. The highest BCUT2D eigenvalue weighted by Gasteiger charge is 1.95. The average molecular weight is 252 g/mol. The van der Waals surface area contributed by atoms with Crippen molar-refractivity contribution in [1.29, 1.82) is 0 Å². The van der Waals surface area contributed by atoms with Crippen molar-refractivity contribution < 1.29 is 9.90 Å². The SMILES string of the molecule is CCCCC=CCC=CCCCCCCC(=O)O. The molecule has 0 amide bonds. The zero-order valence-corrected chi connectivity index (χ0v) is 11.7. The zero-order chi connectivity index (χ0) is 13.5. The van der Waals surface area contributed by atoms with Crippen LogP contribution in [0.1, 0.15) is 71.1 Å². The van der Waals surface area contributed by atoms with Crippen molar-refractivity contribution in [3.05, 3.63) is 24.3 Å². The number of allylic oxidation sites excluding steroid dienone is 4. The molecule has 0 aliphatic rings. The molecule has 18 heavy (non-hydrogen) atoms. The molecule has 0 saturated heterocycles. The second-order valence-electron chi connectivity index (χ2n) is 4.67. The van der Waals surface area contributed by atoms with Crippen LogP contribution in [0.5, 0.6) is 0 Å². The maximum atomic E-state index is 10.3. The first kappa shape index (κ1) is 16.9. The first-order chi connectivity index (χ1) is 8.77. The Balaban J connectivity index is 3.18. The Kier molecular flexibility index (Phi) is 13.2. The van der Waals surface area contributed by atoms with Gasteiger partial charge in [0.1, 0.15) is 0 Å². The van der Waals surface area contributed by atoms with Crippen molar-refractivity contribution in [3.8, 4) is 0 Å². The van der Waals surface area contributed by atoms with E-state index in [0.717, 1.165) is 32.1 Å². The lowest BCUT2D eigenvalue weighted by atomic mass is 10.1. The zero-order valence-electron chi connectivity index (χ0n) is 11.7. The molecule has 0 unspecified atom stereocenters. The van der Waals surface area contributed by atoms with Crippen molar-refractivity contribution in [2.24, 2.45) is 0 Å². The number of hydrogen-bond donors (Lipinski definition) is 1. The summed E-state index contributed by atoms with van der Waals surface area (Å²) < 4.78 is 0. The Labute approximate surface area is 112 Å². The van der Waals surface area contributed by atoms with Crippen molar-refractivity contribution in [3.63, 3.8) is 0 Å². The van der Waals surface area contributed by atoms with Gasteiger partial charge < -0.3 is 5.11 Å². The smallest absolute Gasteiger partial charge is 0.303 e. The number of carbonyl (C=O) groups is 1. The van der Waals surface area contributed by atoms with Crippen LogP contribution in [0, 0.1) is 0 Å². The average Bonchev–Trinajstić information content (AvgIpc) is 2.34. The van der Waals surface area contributed by atoms with Crippen molar-refractivity contribution in [2.45, 2.75) is 71.1 Å². The largest absolute Gasteiger partial charge is 0.481 e. The molecule has 0 aliphatic heterocycles. The van der Waals surface area contributed by atoms with E-state index in [4.69, 9.17) is 5.11 Å². The molecule has 0 fully saturated rings. The normalized spacial score (nSPS) is 11.6. The fourth-order valence-electron chi connectivity index (χ4n) is 1.72. The van der Waals surface area contributed by atoms with Crippen LogP contribution in [0.25, 0.3) is 0 Å². The lowest BCUT2D eigenvalue weighted by Gasteiger charge is -1.96. The van der Waals surface area contributed by atoms with E-state index in [1.54, 1.807) is 0 Å². The van der Waals surface area contributed by atoms with E-state index in [-0.39, 0.29) is 0 Å². The molecule has 0 rings (SSSR count). The van der Waals surface area contributed by atoms with Crippen LogP contribution >= 0.6 is 0 Å². The fourth-order valence-corrected chi connectivity index (χ4v) is 1.72. The first-order valence-corrected chi connectivity index (χ1v) is 7.29. The van der Waals surface area contributed by atoms with Gasteiger partial charge in [-0.15, -0.1) is 0 Å². The minimum atomic E-state index is -0.676. The topological polar surface area (TPSA) is 37.3 Å². The lowest BCUT2D eigenvalue weighted by Crippen LogP contribution is -1.93. The van der Waals surface area contributed by atoms with Crippen LogP contribution in [0.2, 0.25) is 0 Å². The number of aliphatic carboxylic acids is 1. The Hall–Kier alpha value is -1.05. The summed E-state index contributed by atoms with van der Waals surface area (Å²) in [6.07, 6.45) is 19.4. The van der Waals surface area contributed by atoms with E-state index < -0.39 is 5.97 Å². The molecule has 2 heteroatoms. The van der Waals surface area contributed by atoms with Crippen molar-refractivity contribution in [2.75, 3.05) is 0 Å². The third kappa shape index (κ3) is 14.9. The summed E-state index contributed by atoms with van der Waals surface area (Å²) in [6.45, 7) is 2.21. The minimum absolute atomic E-state index is 0.318. The third-order valence-electron chi connectivity index (χ3n) is 2.84. The highest BCUT2D eigenvalue weighted by Crippen LogP contribution is 2.06. The van der Waals surface area contributed by atoms with E-state index in [2.05, 4.69) is 31.2 Å². The highest BCUT2D eigenvalue weighted by molar-refractivity contribution is 5.66. The molecule has 104 valence electrons. The van der Waals surface area contributed by atoms with E-state index in [0.29, 0.717) is 6.42 Å². The van der Waals surface area contributed by atoms with Gasteiger partial charge in [0.25, 0.3) is 0 Å². The van der Waals surface area contributed by atoms with E-state index in [1.807, 2.05) is 0 Å². The van der Waals surface area contributed by atoms with Gasteiger partial charge in [0.05, 0.1) is 0 Å². The summed E-state index contributed by atoms with van der Waals surface area (Å²) in [5.74, 6) is -0.676. The van der Waals surface area contributed by atoms with Gasteiger partial charge in [-0.05, 0) is 32.1 Å². The van der Waals surface area contributed by atoms with E-state index >= 15 is 0 Å². The molecule has 0 aromatic heterocycles. The summed E-state index contributed by atoms with van der Waals surface area (Å²) in [5, 5.41) is 8.47. The summed E-state index contributed by atoms with van der Waals surface area (Å²) >= 11 is 0. The maximum absolute atomic E-state index is 10.3. The molecule has 0 aromatic carbocycles. The second-order valence-corrected chi connectivity index (χ2v) is 4.67. The summed E-state index contributed by atoms with van der Waals surface area (Å²) in [7, 11) is 0. The standard InChI is InChI=1S/C16H28O2/c1-2-3-4-5-6-7-8-9-10-11-12-13-14-15-16(17)18/h5-6,8-9H,2-4,7,10-15H2,1H3,(H,17,18). The molecule has 0 atom stereocenters. The monoisotopic (exact) mass is 252 g/mol. The Morgan fingerprint density at radius 2 is 1.50 bits per heavy atom. The minimum Gasteiger partial charge on any atom is -0.481 e. The molecular weight excluding hydrogens is 224 g/mol. The van der Waals surface area contributed by atoms with Crippen LogP contribution < -0.4 is 0 Å². The molecule has 0 aliphatic carbocycles. The number of unbranched alkanes of at least 4 members (excludes halogenated alkanes) is 6. The quantitative estimate of drug-likeness (QED) is 0.387. The molecule has 2 nitrogen and oxygen atoms in total. The van der Waals surface area contributed by atoms with Gasteiger partial charge in [-0.25, -0.2) is 0 Å². The van der Waals surface area contributed by atoms with E-state index in [9.17, 15) is 4.79 Å². The lowest BCUT2D eigenvalue weighted by molar-refractivity contribution is -0.137. The van der Waals surface area contributed by atoms with Crippen LogP contribution in [0.4, 0.5) is 0 Å². The molecular formula is C16H28O2. The second kappa shape index (κ2) is 14.0. The molecule has 0 heterocycles. The van der Waals surface area contributed by atoms with Gasteiger partial charge >= 0.3 is 5.97 Å². The van der Waals surface area contributed by atoms with Crippen LogP contribution in [0.3, 0.4) is 0 Å². The Morgan fingerprint density at radius 3 is 2.11 bits per heavy atom. The fraction of sp³-hybridized carbons (Fsp3) is 0.688. The predicted octanol–water partition coefficient (Wildman–Crippen LogP) is 5.10. The molecule has 0 radical (unpaired) electrons. The van der Waals surface area contributed by atoms with Crippen LogP contribution in [-0.4, -0.2) is 11.1 Å². The van der Waals surface area contributed by atoms with Crippen LogP contribution in [0.15, 0.2) is 24.3 Å². The summed E-state index contributed by atoms with van der Waals surface area (Å²) in [4.78, 5) is 10.3. The predicted molar refractivity (Wildman–Crippen MR) is 77.8 cm³/mol. The Morgan fingerprint density at radius 1 is 0.889 bits per heavy atom. The number of carboxylic acids is 1. The van der Waals surface area contributed by atoms with Crippen LogP contribution in [-0.2, 0) is 4.79 Å². The van der Waals surface area contributed by atoms with Gasteiger partial charge in [-0.1, -0.05) is 56.9 Å². The summed E-state index contributed by atoms with van der Waals surface area (Å²) in [5.41, 5.74) is 0. The van der Waals surface area contributed by atoms with E-state index in [1.165, 1.54) is 25.7 Å². The molecule has 1 N–H and O–H groups in total. The van der Waals surface area contributed by atoms with Gasteiger partial charge in [-0.2, -0.15) is 0 Å². The highest BCUT2D eigenvalue weighted by atomic mass is 16.4. The molecule has 0 bridgehead atoms. The van der Waals surface area contributed by atoms with Crippen molar-refractivity contribution in [1.82, 2.24) is 0 Å². The first-order valence-electron chi connectivity index (χ1n) is 7.29. The number of rotatable bonds is 12. The molecule has 0 saturated carbocycles. The van der Waals surface area contributed by atoms with Gasteiger partial charge in [0.15, 0.2) is 0 Å². The number of hydrogen-bond acceptors (Lipinski definition) is 1. The molecule has 0 aromatic rings. The summed E-state index contributed by atoms with van der Waals surface area (Å²) in [6, 6.07) is 0. The van der Waals surface area contributed by atoms with Gasteiger partial charge in [0, 0.05) is 6.42 Å². The van der Waals surface area contributed by atoms with Gasteiger partial charge in [-0.3, -0.25) is 4.79 Å². The molecule has 0 spiro atoms. The van der Waals surface area contributed by atoms with Crippen molar-refractivity contribution >= 4 is 5.97 Å². The Bertz CT molecular complexity index is 241. The maximum Gasteiger partial charge on any atom is 0.303 e. The van der Waals surface area contributed by atoms with Gasteiger partial charge in [0.2, 0.25) is 0 Å².